The lowest BCUT2D eigenvalue weighted by molar-refractivity contribution is 0.715. The number of nitrogens with zero attached hydrogens (tertiary/aromatic N) is 2. The predicted octanol–water partition coefficient (Wildman–Crippen LogP) is 12.3. The van der Waals surface area contributed by atoms with Crippen molar-refractivity contribution < 1.29 is 0 Å². The Morgan fingerprint density at radius 1 is 0.420 bits per heavy atom. The van der Waals surface area contributed by atoms with E-state index in [2.05, 4.69) is 177 Å². The topological polar surface area (TPSA) is 25.8 Å². The van der Waals surface area contributed by atoms with Crippen molar-refractivity contribution in [2.24, 2.45) is 0 Å². The van der Waals surface area contributed by atoms with Gasteiger partial charge in [-0.3, -0.25) is 0 Å². The fourth-order valence-electron chi connectivity index (χ4n) is 8.41. The molecule has 0 radical (unpaired) electrons. The maximum atomic E-state index is 5.40. The molecule has 1 aliphatic rings. The summed E-state index contributed by atoms with van der Waals surface area (Å²) in [5, 5.41) is 7.26. The smallest absolute Gasteiger partial charge is 0.160 e. The molecule has 0 saturated heterocycles. The number of rotatable bonds is 4. The molecule has 1 heterocycles. The average molecular weight is 637 g/mol. The van der Waals surface area contributed by atoms with Crippen LogP contribution in [-0.2, 0) is 5.41 Å². The molecule has 0 spiro atoms. The van der Waals surface area contributed by atoms with E-state index in [4.69, 9.17) is 9.97 Å². The van der Waals surface area contributed by atoms with E-state index in [9.17, 15) is 0 Å². The number of hydrogen-bond donors (Lipinski definition) is 0. The molecule has 1 aliphatic carbocycles. The van der Waals surface area contributed by atoms with Gasteiger partial charge in [0.15, 0.2) is 5.82 Å². The highest BCUT2D eigenvalue weighted by atomic mass is 14.9. The summed E-state index contributed by atoms with van der Waals surface area (Å²) in [6, 6.07) is 63.3. The van der Waals surface area contributed by atoms with Gasteiger partial charge >= 0.3 is 0 Å². The molecule has 0 saturated carbocycles. The minimum absolute atomic E-state index is 0.368. The van der Waals surface area contributed by atoms with Crippen molar-refractivity contribution >= 4 is 32.3 Å². The lowest BCUT2D eigenvalue weighted by Gasteiger charge is -2.30. The summed E-state index contributed by atoms with van der Waals surface area (Å²) in [4.78, 5) is 10.8. The van der Waals surface area contributed by atoms with Crippen molar-refractivity contribution in [1.29, 1.82) is 0 Å². The van der Waals surface area contributed by atoms with Gasteiger partial charge in [-0.05, 0) is 79.2 Å². The van der Waals surface area contributed by atoms with Crippen molar-refractivity contribution in [2.45, 2.75) is 12.3 Å². The third-order valence-corrected chi connectivity index (χ3v) is 10.7. The van der Waals surface area contributed by atoms with Crippen LogP contribution in [0.3, 0.4) is 0 Å². The second-order valence-electron chi connectivity index (χ2n) is 13.4. The first kappa shape index (κ1) is 28.6. The zero-order valence-corrected chi connectivity index (χ0v) is 27.6. The summed E-state index contributed by atoms with van der Waals surface area (Å²) in [5.74, 6) is 0.717. The molecule has 1 atom stereocenters. The fourth-order valence-corrected chi connectivity index (χ4v) is 8.41. The molecule has 0 amide bonds. The summed E-state index contributed by atoms with van der Waals surface area (Å²) in [7, 11) is 0. The van der Waals surface area contributed by atoms with Crippen LogP contribution in [0.25, 0.3) is 77.3 Å². The van der Waals surface area contributed by atoms with E-state index in [-0.39, 0.29) is 5.41 Å². The molecule has 8 aromatic carbocycles. The zero-order chi connectivity index (χ0) is 33.2. The van der Waals surface area contributed by atoms with Crippen molar-refractivity contribution in [3.63, 3.8) is 0 Å². The molecular formula is C48H32N2. The largest absolute Gasteiger partial charge is 0.228 e. The van der Waals surface area contributed by atoms with E-state index >= 15 is 0 Å². The standard InChI is InChI=1S/C48H32N2/c1-48(34-19-6-3-7-20-34)42-26-13-12-23-37(42)39-24-14-25-40(46(39)48)43-30-44(50-47(49-43)32-16-4-2-5-17-32)45-36-22-11-9-18-33(36)29-41-35-21-10-8-15-31(35)27-28-38(41)45/h2-30H,1H3. The van der Waals surface area contributed by atoms with Gasteiger partial charge in [-0.15, -0.1) is 0 Å². The van der Waals surface area contributed by atoms with E-state index < -0.39 is 0 Å². The SMILES string of the molecule is CC1(c2ccccc2)c2ccccc2-c2cccc(-c3cc(-c4c5ccccc5cc5c4ccc4ccccc45)nc(-c4ccccc4)n3)c21. The lowest BCUT2D eigenvalue weighted by atomic mass is 9.72. The van der Waals surface area contributed by atoms with Crippen molar-refractivity contribution in [2.75, 3.05) is 0 Å². The second kappa shape index (κ2) is 11.1. The quantitative estimate of drug-likeness (QED) is 0.142. The maximum absolute atomic E-state index is 5.40. The molecule has 2 heteroatoms. The Hall–Kier alpha value is -6.38. The highest BCUT2D eigenvalue weighted by Crippen LogP contribution is 2.55. The van der Waals surface area contributed by atoms with Crippen LogP contribution < -0.4 is 0 Å². The molecule has 1 aromatic heterocycles. The Kier molecular flexibility index (Phi) is 6.34. The Balaban J connectivity index is 1.31. The minimum Gasteiger partial charge on any atom is -0.228 e. The van der Waals surface area contributed by atoms with Gasteiger partial charge < -0.3 is 0 Å². The van der Waals surface area contributed by atoms with Crippen LogP contribution in [0.15, 0.2) is 176 Å². The summed E-state index contributed by atoms with van der Waals surface area (Å²) in [6.07, 6.45) is 0. The van der Waals surface area contributed by atoms with Crippen LogP contribution in [0.4, 0.5) is 0 Å². The highest BCUT2D eigenvalue weighted by Gasteiger charge is 2.42. The van der Waals surface area contributed by atoms with Gasteiger partial charge in [0.25, 0.3) is 0 Å². The molecule has 1 unspecified atom stereocenters. The lowest BCUT2D eigenvalue weighted by Crippen LogP contribution is -2.23. The second-order valence-corrected chi connectivity index (χ2v) is 13.4. The van der Waals surface area contributed by atoms with Crippen LogP contribution >= 0.6 is 0 Å². The third-order valence-electron chi connectivity index (χ3n) is 10.7. The molecule has 0 fully saturated rings. The van der Waals surface area contributed by atoms with Crippen LogP contribution in [0.5, 0.6) is 0 Å². The van der Waals surface area contributed by atoms with E-state index in [0.29, 0.717) is 0 Å². The van der Waals surface area contributed by atoms with Gasteiger partial charge in [-0.1, -0.05) is 164 Å². The number of fused-ring (bicyclic) bond motifs is 7. The van der Waals surface area contributed by atoms with Gasteiger partial charge in [0.05, 0.1) is 11.4 Å². The van der Waals surface area contributed by atoms with Crippen LogP contribution in [0, 0.1) is 0 Å². The average Bonchev–Trinajstić information content (AvgIpc) is 3.46. The Morgan fingerprint density at radius 3 is 1.90 bits per heavy atom. The normalized spacial score (nSPS) is 15.0. The summed E-state index contributed by atoms with van der Waals surface area (Å²) >= 11 is 0. The molecule has 234 valence electrons. The van der Waals surface area contributed by atoms with E-state index in [1.807, 2.05) is 6.07 Å². The molecule has 10 rings (SSSR count). The molecular weight excluding hydrogens is 605 g/mol. The summed E-state index contributed by atoms with van der Waals surface area (Å²) in [5.41, 5.74) is 11.1. The minimum atomic E-state index is -0.368. The highest BCUT2D eigenvalue weighted by molar-refractivity contribution is 6.19. The van der Waals surface area contributed by atoms with Gasteiger partial charge in [0.2, 0.25) is 0 Å². The van der Waals surface area contributed by atoms with Gasteiger partial charge in [0, 0.05) is 22.1 Å². The van der Waals surface area contributed by atoms with Crippen LogP contribution in [0.2, 0.25) is 0 Å². The third kappa shape index (κ3) is 4.22. The molecule has 0 aliphatic heterocycles. The summed E-state index contributed by atoms with van der Waals surface area (Å²) in [6.45, 7) is 2.38. The number of hydrogen-bond acceptors (Lipinski definition) is 2. The van der Waals surface area contributed by atoms with Crippen molar-refractivity contribution in [3.8, 4) is 45.0 Å². The first-order valence-electron chi connectivity index (χ1n) is 17.3. The Bertz CT molecular complexity index is 2770. The number of benzene rings is 8. The van der Waals surface area contributed by atoms with Gasteiger partial charge in [0.1, 0.15) is 0 Å². The van der Waals surface area contributed by atoms with Crippen LogP contribution in [-0.4, -0.2) is 9.97 Å². The zero-order valence-electron chi connectivity index (χ0n) is 27.6. The Morgan fingerprint density at radius 2 is 1.06 bits per heavy atom. The van der Waals surface area contributed by atoms with Gasteiger partial charge in [-0.25, -0.2) is 9.97 Å². The van der Waals surface area contributed by atoms with E-state index in [1.54, 1.807) is 0 Å². The summed E-state index contributed by atoms with van der Waals surface area (Å²) < 4.78 is 0. The first-order chi connectivity index (χ1) is 24.7. The van der Waals surface area contributed by atoms with Crippen molar-refractivity contribution in [3.05, 3.63) is 193 Å². The molecule has 0 N–H and O–H groups in total. The predicted molar refractivity (Wildman–Crippen MR) is 208 cm³/mol. The molecule has 9 aromatic rings. The van der Waals surface area contributed by atoms with E-state index in [1.165, 1.54) is 60.1 Å². The molecule has 2 nitrogen and oxygen atoms in total. The molecule has 50 heavy (non-hydrogen) atoms. The maximum Gasteiger partial charge on any atom is 0.160 e. The first-order valence-corrected chi connectivity index (χ1v) is 17.3. The molecule has 0 bridgehead atoms. The monoisotopic (exact) mass is 636 g/mol. The number of aromatic nitrogens is 2. The van der Waals surface area contributed by atoms with Crippen molar-refractivity contribution in [1.82, 2.24) is 9.97 Å². The van der Waals surface area contributed by atoms with E-state index in [0.717, 1.165) is 33.9 Å². The Labute approximate surface area is 291 Å². The van der Waals surface area contributed by atoms with Crippen LogP contribution in [0.1, 0.15) is 23.6 Å². The van der Waals surface area contributed by atoms with Gasteiger partial charge in [-0.2, -0.15) is 0 Å². The fraction of sp³-hybridized carbons (Fsp3) is 0.0417.